The van der Waals surface area contributed by atoms with E-state index in [2.05, 4.69) is 20.8 Å². The van der Waals surface area contributed by atoms with Crippen molar-refractivity contribution in [1.29, 1.82) is 0 Å². The summed E-state index contributed by atoms with van der Waals surface area (Å²) in [5, 5.41) is 0. The number of hydrogen-bond acceptors (Lipinski definition) is 6. The number of rotatable bonds is 9. The molecule has 0 unspecified atom stereocenters. The van der Waals surface area contributed by atoms with Gasteiger partial charge in [-0.15, -0.1) is 0 Å². The molecule has 0 spiro atoms. The van der Waals surface area contributed by atoms with Crippen LogP contribution in [-0.4, -0.2) is 43.3 Å². The van der Waals surface area contributed by atoms with Gasteiger partial charge in [0, 0.05) is 55.0 Å². The summed E-state index contributed by atoms with van der Waals surface area (Å²) in [5.74, 6) is 0.497. The topological polar surface area (TPSA) is 65.1 Å². The van der Waals surface area contributed by atoms with Gasteiger partial charge in [-0.05, 0) is 83.9 Å². The number of methoxy groups -OCH3 is 1. The lowest BCUT2D eigenvalue weighted by Crippen LogP contribution is -2.40. The number of carbonyl (C=O) groups is 2. The van der Waals surface area contributed by atoms with Gasteiger partial charge in [0.25, 0.3) is 0 Å². The van der Waals surface area contributed by atoms with Crippen molar-refractivity contribution in [2.75, 3.05) is 26.9 Å². The monoisotopic (exact) mass is 597 g/mol. The molecule has 8 heteroatoms. The average Bonchev–Trinajstić information content (AvgIpc) is 2.92. The molecule has 1 heterocycles. The molecule has 1 aliphatic heterocycles. The summed E-state index contributed by atoms with van der Waals surface area (Å²) >= 11 is 3.68. The van der Waals surface area contributed by atoms with Crippen LogP contribution in [0.5, 0.6) is 11.5 Å². The maximum atomic E-state index is 13.5. The third-order valence-electron chi connectivity index (χ3n) is 7.57. The molecule has 0 fully saturated rings. The van der Waals surface area contributed by atoms with E-state index in [9.17, 15) is 14.0 Å². The molecule has 0 radical (unpaired) electrons. The lowest BCUT2D eigenvalue weighted by atomic mass is 9.71. The second kappa shape index (κ2) is 12.0. The van der Waals surface area contributed by atoms with Crippen LogP contribution in [-0.2, 0) is 20.9 Å². The van der Waals surface area contributed by atoms with Crippen LogP contribution < -0.4 is 9.47 Å². The Kier molecular flexibility index (Phi) is 8.52. The van der Waals surface area contributed by atoms with Gasteiger partial charge in [-0.2, -0.15) is 0 Å². The van der Waals surface area contributed by atoms with Gasteiger partial charge in [0.15, 0.2) is 23.1 Å². The van der Waals surface area contributed by atoms with E-state index in [0.29, 0.717) is 48.6 Å². The van der Waals surface area contributed by atoms with Crippen molar-refractivity contribution in [2.45, 2.75) is 58.0 Å². The van der Waals surface area contributed by atoms with E-state index in [1.807, 2.05) is 19.1 Å². The van der Waals surface area contributed by atoms with Crippen LogP contribution in [0.25, 0.3) is 0 Å². The minimum absolute atomic E-state index is 0.0966. The predicted molar refractivity (Wildman–Crippen MR) is 149 cm³/mol. The van der Waals surface area contributed by atoms with Gasteiger partial charge in [-0.25, -0.2) is 4.39 Å². The maximum absolute atomic E-state index is 13.5. The summed E-state index contributed by atoms with van der Waals surface area (Å²) in [6.45, 7) is 3.68. The second-order valence-corrected chi connectivity index (χ2v) is 10.9. The first-order chi connectivity index (χ1) is 18.9. The number of hydrogen-bond donors (Lipinski definition) is 0. The summed E-state index contributed by atoms with van der Waals surface area (Å²) in [4.78, 5) is 29.2. The number of halogens is 2. The minimum atomic E-state index is -0.448. The largest absolute Gasteiger partial charge is 0.490 e. The van der Waals surface area contributed by atoms with E-state index >= 15 is 0 Å². The zero-order valence-corrected chi connectivity index (χ0v) is 23.9. The molecule has 2 aromatic carbocycles. The smallest absolute Gasteiger partial charge is 0.175 e. The van der Waals surface area contributed by atoms with Gasteiger partial charge in [0.1, 0.15) is 12.4 Å². The summed E-state index contributed by atoms with van der Waals surface area (Å²) in [6, 6.07) is 10.0. The van der Waals surface area contributed by atoms with Gasteiger partial charge in [0.2, 0.25) is 0 Å². The van der Waals surface area contributed by atoms with Gasteiger partial charge < -0.3 is 19.1 Å². The van der Waals surface area contributed by atoms with Gasteiger partial charge in [-0.3, -0.25) is 9.59 Å². The third-order valence-corrected chi connectivity index (χ3v) is 8.16. The highest BCUT2D eigenvalue weighted by Gasteiger charge is 2.43. The maximum Gasteiger partial charge on any atom is 0.175 e. The Morgan fingerprint density at radius 3 is 2.18 bits per heavy atom. The van der Waals surface area contributed by atoms with Crippen molar-refractivity contribution in [2.24, 2.45) is 0 Å². The lowest BCUT2D eigenvalue weighted by Gasteiger charge is -2.44. The lowest BCUT2D eigenvalue weighted by molar-refractivity contribution is -0.117. The van der Waals surface area contributed by atoms with Gasteiger partial charge in [0.05, 0.1) is 17.7 Å². The summed E-state index contributed by atoms with van der Waals surface area (Å²) in [5.41, 5.74) is 5.14. The highest BCUT2D eigenvalue weighted by atomic mass is 79.9. The normalized spacial score (nSPS) is 17.9. The van der Waals surface area contributed by atoms with Crippen molar-refractivity contribution < 1.29 is 28.2 Å². The summed E-state index contributed by atoms with van der Waals surface area (Å²) < 4.78 is 31.5. The number of nitrogens with zero attached hydrogens (tertiary/aromatic N) is 1. The molecular formula is C31H33BrFNO5. The number of ketones is 2. The van der Waals surface area contributed by atoms with Crippen molar-refractivity contribution in [1.82, 2.24) is 4.90 Å². The van der Waals surface area contributed by atoms with E-state index in [0.717, 1.165) is 59.4 Å². The molecule has 0 N–H and O–H groups in total. The molecule has 5 rings (SSSR count). The molecule has 0 bridgehead atoms. The van der Waals surface area contributed by atoms with Crippen LogP contribution in [0.4, 0.5) is 4.39 Å². The number of Topliss-reactive ketones (excluding diaryl/α,β-unsaturated/α-hetero) is 2. The van der Waals surface area contributed by atoms with E-state index in [-0.39, 0.29) is 24.0 Å². The van der Waals surface area contributed by atoms with Crippen LogP contribution in [0.2, 0.25) is 0 Å². The average molecular weight is 599 g/mol. The molecule has 2 aromatic rings. The Bertz CT molecular complexity index is 1290. The van der Waals surface area contributed by atoms with Crippen molar-refractivity contribution in [3.63, 3.8) is 0 Å². The van der Waals surface area contributed by atoms with Crippen molar-refractivity contribution in [3.8, 4) is 11.5 Å². The fourth-order valence-electron chi connectivity index (χ4n) is 5.90. The van der Waals surface area contributed by atoms with Crippen LogP contribution in [0, 0.1) is 5.82 Å². The molecule has 0 saturated heterocycles. The van der Waals surface area contributed by atoms with Crippen molar-refractivity contribution in [3.05, 3.63) is 80.4 Å². The number of allylic oxidation sites excluding steroid dienone is 4. The highest BCUT2D eigenvalue weighted by Crippen LogP contribution is 2.51. The fourth-order valence-corrected chi connectivity index (χ4v) is 6.47. The Labute approximate surface area is 236 Å². The number of carbonyl (C=O) groups excluding carboxylic acids is 2. The number of benzene rings is 2. The summed E-state index contributed by atoms with van der Waals surface area (Å²) in [6.07, 6.45) is 4.14. The summed E-state index contributed by atoms with van der Waals surface area (Å²) in [7, 11) is 1.67. The Morgan fingerprint density at radius 1 is 0.949 bits per heavy atom. The highest BCUT2D eigenvalue weighted by molar-refractivity contribution is 9.10. The zero-order valence-electron chi connectivity index (χ0n) is 22.4. The molecular weight excluding hydrogens is 565 g/mol. The van der Waals surface area contributed by atoms with E-state index < -0.39 is 5.92 Å². The Hall–Kier alpha value is -2.97. The minimum Gasteiger partial charge on any atom is -0.490 e. The molecule has 0 saturated carbocycles. The first-order valence-corrected chi connectivity index (χ1v) is 14.3. The molecule has 0 aromatic heterocycles. The Balaban J connectivity index is 1.60. The quantitative estimate of drug-likeness (QED) is 0.323. The van der Waals surface area contributed by atoms with Gasteiger partial charge in [-0.1, -0.05) is 12.1 Å². The molecule has 6 nitrogen and oxygen atoms in total. The molecule has 0 atom stereocenters. The molecule has 206 valence electrons. The van der Waals surface area contributed by atoms with Crippen LogP contribution in [0.15, 0.2) is 63.4 Å². The van der Waals surface area contributed by atoms with Gasteiger partial charge >= 0.3 is 0 Å². The van der Waals surface area contributed by atoms with E-state index in [1.54, 1.807) is 19.2 Å². The van der Waals surface area contributed by atoms with E-state index in [4.69, 9.17) is 14.2 Å². The predicted octanol–water partition coefficient (Wildman–Crippen LogP) is 6.63. The first-order valence-electron chi connectivity index (χ1n) is 13.5. The van der Waals surface area contributed by atoms with Crippen molar-refractivity contribution >= 4 is 27.5 Å². The van der Waals surface area contributed by atoms with E-state index in [1.165, 1.54) is 12.1 Å². The SMILES string of the molecule is CCOc1cc(C2C3=C(CCCC3=O)N(CCOC)C3=C2C(=O)CCC3)cc(Br)c1OCc1ccc(F)cc1. The zero-order chi connectivity index (χ0) is 27.5. The first kappa shape index (κ1) is 27.6. The molecule has 0 amide bonds. The van der Waals surface area contributed by atoms with Crippen LogP contribution in [0.1, 0.15) is 62.5 Å². The third kappa shape index (κ3) is 5.54. The molecule has 2 aliphatic carbocycles. The van der Waals surface area contributed by atoms with Crippen LogP contribution >= 0.6 is 15.9 Å². The number of ether oxygens (including phenoxy) is 3. The second-order valence-electron chi connectivity index (χ2n) is 10.0. The van der Waals surface area contributed by atoms with Crippen LogP contribution in [0.3, 0.4) is 0 Å². The Morgan fingerprint density at radius 2 is 1.59 bits per heavy atom. The standard InChI is InChI=1S/C31H33BrFNO5/c1-3-38-27-17-20(16-22(32)31(27)39-18-19-10-12-21(33)13-11-19)28-29-23(6-4-8-25(29)35)34(14-15-37-2)24-7-5-9-26(36)30(24)28/h10-13,16-17,28H,3-9,14-15,18H2,1-2H3. The molecule has 3 aliphatic rings. The molecule has 39 heavy (non-hydrogen) atoms. The fraction of sp³-hybridized carbons (Fsp3) is 0.419.